The average Bonchev–Trinajstić information content (AvgIpc) is 2.82. The Kier molecular flexibility index (Phi) is 4.07. The Balaban J connectivity index is 1.26. The van der Waals surface area contributed by atoms with Crippen LogP contribution in [0, 0.1) is 72.9 Å². The van der Waals surface area contributed by atoms with Crippen molar-refractivity contribution in [2.45, 2.75) is 111 Å². The van der Waals surface area contributed by atoms with E-state index in [0.717, 1.165) is 44.9 Å². The van der Waals surface area contributed by atoms with E-state index in [-0.39, 0.29) is 79.6 Å². The molecule has 1 N–H and O–H groups in total. The summed E-state index contributed by atoms with van der Waals surface area (Å²) in [6.07, 6.45) is 9.60. The van der Waals surface area contributed by atoms with Gasteiger partial charge in [0.05, 0.1) is 11.2 Å². The number of carbonyl (C=O) groups is 2. The molecule has 8 aliphatic rings. The van der Waals surface area contributed by atoms with Gasteiger partial charge in [-0.3, -0.25) is 9.59 Å². The minimum absolute atomic E-state index is 0.0393. The summed E-state index contributed by atoms with van der Waals surface area (Å²) in [5, 5.41) is 20.6. The highest BCUT2D eigenvalue weighted by Crippen LogP contribution is 2.95. The van der Waals surface area contributed by atoms with E-state index >= 15 is 0 Å². The van der Waals surface area contributed by atoms with Crippen LogP contribution in [0.15, 0.2) is 11.6 Å². The zero-order valence-corrected chi connectivity index (χ0v) is 24.9. The molecule has 0 aromatic carbocycles. The van der Waals surface area contributed by atoms with Crippen molar-refractivity contribution in [3.8, 4) is 6.07 Å². The van der Waals surface area contributed by atoms with Gasteiger partial charge in [0.25, 0.3) is 0 Å². The third-order valence-corrected chi connectivity index (χ3v) is 15.6. The second-order valence-electron chi connectivity index (χ2n) is 17.7. The van der Waals surface area contributed by atoms with E-state index in [1.165, 1.54) is 0 Å². The van der Waals surface area contributed by atoms with Crippen LogP contribution in [0.3, 0.4) is 0 Å². The smallest absolute Gasteiger partial charge is 0.178 e. The Labute approximate surface area is 233 Å². The van der Waals surface area contributed by atoms with Gasteiger partial charge in [-0.15, -0.1) is 0 Å². The lowest BCUT2D eigenvalue weighted by molar-refractivity contribution is -0.560. The number of Topliss-reactive ketones (excluding diaryl/α,β-unsaturated/α-hetero) is 2. The number of carbonyl (C=O) groups excluding carboxylic acids is 2. The molecule has 4 unspecified atom stereocenters. The molecule has 3 spiro atoms. The van der Waals surface area contributed by atoms with Crippen molar-refractivity contribution in [2.75, 3.05) is 6.61 Å². The molecule has 7 fully saturated rings. The zero-order chi connectivity index (χ0) is 28.0. The first-order valence-corrected chi connectivity index (χ1v) is 15.5. The number of aliphatic hydroxyl groups is 1. The third kappa shape index (κ3) is 2.11. The molecule has 11 atom stereocenters. The van der Waals surface area contributed by atoms with Gasteiger partial charge in [-0.1, -0.05) is 54.5 Å². The first kappa shape index (κ1) is 25.2. The van der Waals surface area contributed by atoms with Crippen LogP contribution < -0.4 is 0 Å². The van der Waals surface area contributed by atoms with Crippen molar-refractivity contribution in [3.05, 3.63) is 11.6 Å². The van der Waals surface area contributed by atoms with Crippen molar-refractivity contribution in [2.24, 2.45) is 61.6 Å². The third-order valence-electron chi connectivity index (χ3n) is 15.6. The van der Waals surface area contributed by atoms with E-state index in [1.54, 1.807) is 0 Å². The molecule has 210 valence electrons. The second-order valence-corrected chi connectivity index (χ2v) is 17.7. The Hall–Kier alpha value is -1.51. The van der Waals surface area contributed by atoms with E-state index in [4.69, 9.17) is 4.74 Å². The summed E-state index contributed by atoms with van der Waals surface area (Å²) in [5.41, 5.74) is -1.91. The molecule has 0 bridgehead atoms. The summed E-state index contributed by atoms with van der Waals surface area (Å²) in [5.74, 6) is 1.11. The molecule has 0 aromatic rings. The van der Waals surface area contributed by atoms with Crippen molar-refractivity contribution in [1.82, 2.24) is 0 Å². The number of fused-ring (bicyclic) bond motifs is 4. The lowest BCUT2D eigenvalue weighted by Gasteiger charge is -2.96. The van der Waals surface area contributed by atoms with Gasteiger partial charge in [0, 0.05) is 41.1 Å². The number of rotatable bonds is 1. The van der Waals surface area contributed by atoms with Gasteiger partial charge >= 0.3 is 0 Å². The Morgan fingerprint density at radius 3 is 2.36 bits per heavy atom. The Morgan fingerprint density at radius 1 is 0.974 bits per heavy atom. The van der Waals surface area contributed by atoms with Crippen LogP contribution in [0.1, 0.15) is 99.8 Å². The average molecular weight is 532 g/mol. The predicted octanol–water partition coefficient (Wildman–Crippen LogP) is 5.80. The molecule has 0 amide bonds. The lowest BCUT2D eigenvalue weighted by atomic mass is 9.13. The molecule has 7 aliphatic carbocycles. The molecule has 5 nitrogen and oxygen atoms in total. The van der Waals surface area contributed by atoms with Gasteiger partial charge in [0.2, 0.25) is 0 Å². The SMILES string of the molecule is CC1(C)CC2(CO)CC34CC[C@@]5(C)[C@]6(C)CC[C@H]7C(C)(C)C(=O)C(C#N)=C[C@]7(C)[C@H]6CC(=O)[C@@]56OC(C1)(C23)[C@H]46. The van der Waals surface area contributed by atoms with Crippen molar-refractivity contribution < 1.29 is 19.4 Å². The molecule has 1 saturated heterocycles. The maximum atomic E-state index is 14.8. The number of aliphatic hydroxyl groups excluding tert-OH is 1. The summed E-state index contributed by atoms with van der Waals surface area (Å²) in [6.45, 7) is 16.0. The number of ether oxygens (including phenoxy) is 1. The first-order chi connectivity index (χ1) is 18.0. The standard InChI is InChI=1S/C34H45NO4/c1-26(2)15-31(18-36)17-32-11-10-30(7)29(6)9-8-20-27(3,4)23(38)19(14-35)13-28(20,5)21(29)12-22(37)34(30)25(32)33(16-26,39-34)24(31)32/h13,20-21,24-25,36H,8-12,15-18H2,1-7H3/t20-,21+,24?,25-,28-,29+,30-,31?,32?,33?,34-/m0/s1. The van der Waals surface area contributed by atoms with Crippen LogP contribution in [0.5, 0.6) is 0 Å². The summed E-state index contributed by atoms with van der Waals surface area (Å²) < 4.78 is 7.37. The van der Waals surface area contributed by atoms with Crippen LogP contribution in [-0.4, -0.2) is 34.5 Å². The normalized spacial score (nSPS) is 60.3. The van der Waals surface area contributed by atoms with Gasteiger partial charge < -0.3 is 9.84 Å². The molecule has 0 radical (unpaired) electrons. The van der Waals surface area contributed by atoms with E-state index in [2.05, 4.69) is 40.7 Å². The van der Waals surface area contributed by atoms with Crippen LogP contribution in [0.25, 0.3) is 0 Å². The molecule has 1 heterocycles. The van der Waals surface area contributed by atoms with Gasteiger partial charge in [-0.25, -0.2) is 0 Å². The maximum Gasteiger partial charge on any atom is 0.178 e. The summed E-state index contributed by atoms with van der Waals surface area (Å²) >= 11 is 0. The first-order valence-electron chi connectivity index (χ1n) is 15.5. The summed E-state index contributed by atoms with van der Waals surface area (Å²) in [4.78, 5) is 28.1. The van der Waals surface area contributed by atoms with Gasteiger partial charge in [-0.05, 0) is 78.4 Å². The molecule has 39 heavy (non-hydrogen) atoms. The van der Waals surface area contributed by atoms with Crippen LogP contribution in [-0.2, 0) is 14.3 Å². The number of nitriles is 1. The van der Waals surface area contributed by atoms with E-state index in [1.807, 2.05) is 19.9 Å². The molecule has 1 aliphatic heterocycles. The van der Waals surface area contributed by atoms with E-state index < -0.39 is 11.0 Å². The molecule has 5 heteroatoms. The molecule has 6 saturated carbocycles. The number of hydrogen-bond donors (Lipinski definition) is 1. The molecule has 0 aromatic heterocycles. The molecular formula is C34H45NO4. The second kappa shape index (κ2) is 6.29. The fraction of sp³-hybridized carbons (Fsp3) is 0.853. The fourth-order valence-corrected chi connectivity index (χ4v) is 15.0. The Bertz CT molecular complexity index is 1350. The molecular weight excluding hydrogens is 486 g/mol. The maximum absolute atomic E-state index is 14.8. The van der Waals surface area contributed by atoms with Gasteiger partial charge in [-0.2, -0.15) is 5.26 Å². The van der Waals surface area contributed by atoms with Crippen LogP contribution in [0.4, 0.5) is 0 Å². The molecule has 8 rings (SSSR count). The quantitative estimate of drug-likeness (QED) is 0.462. The Morgan fingerprint density at radius 2 is 1.69 bits per heavy atom. The minimum atomic E-state index is -0.729. The number of nitrogens with zero attached hydrogens (tertiary/aromatic N) is 1. The zero-order valence-electron chi connectivity index (χ0n) is 24.9. The largest absolute Gasteiger partial charge is 0.396 e. The highest BCUT2D eigenvalue weighted by molar-refractivity contribution is 6.04. The van der Waals surface area contributed by atoms with Gasteiger partial charge in [0.1, 0.15) is 11.7 Å². The van der Waals surface area contributed by atoms with Crippen LogP contribution in [0.2, 0.25) is 0 Å². The minimum Gasteiger partial charge on any atom is -0.396 e. The summed E-state index contributed by atoms with van der Waals surface area (Å²) in [7, 11) is 0. The fourth-order valence-electron chi connectivity index (χ4n) is 15.0. The van der Waals surface area contributed by atoms with E-state index in [0.29, 0.717) is 12.3 Å². The van der Waals surface area contributed by atoms with Crippen molar-refractivity contribution >= 4 is 11.6 Å². The number of allylic oxidation sites excluding steroid dienone is 2. The van der Waals surface area contributed by atoms with Gasteiger partial charge in [0.15, 0.2) is 11.6 Å². The number of hydrogen-bond acceptors (Lipinski definition) is 5. The lowest BCUT2D eigenvalue weighted by Crippen LogP contribution is -3.01. The predicted molar refractivity (Wildman–Crippen MR) is 145 cm³/mol. The van der Waals surface area contributed by atoms with E-state index in [9.17, 15) is 20.0 Å². The van der Waals surface area contributed by atoms with Crippen molar-refractivity contribution in [1.29, 1.82) is 5.26 Å². The number of ketones is 2. The van der Waals surface area contributed by atoms with Crippen LogP contribution >= 0.6 is 0 Å². The topological polar surface area (TPSA) is 87.4 Å². The summed E-state index contributed by atoms with van der Waals surface area (Å²) in [6, 6.07) is 2.23. The van der Waals surface area contributed by atoms with Crippen molar-refractivity contribution in [3.63, 3.8) is 0 Å². The highest BCUT2D eigenvalue weighted by atomic mass is 16.6. The monoisotopic (exact) mass is 531 g/mol. The highest BCUT2D eigenvalue weighted by Gasteiger charge is 2.99.